The van der Waals surface area contributed by atoms with Gasteiger partial charge < -0.3 is 20.7 Å². The second-order valence-electron chi connectivity index (χ2n) is 9.02. The molecule has 0 saturated heterocycles. The minimum Gasteiger partial charge on any atom is -0.497 e. The standard InChI is InChI=1S/C29H30N4O3/c1-36-25-16-12-22(13-17-25)28(34)32-24-14-8-21(9-15-24)19-33(27-5-3-2-4-26(27)31)29(35)23-10-6-20(18-30)7-11-23/h6-17,26-27H,2-5,19,31H2,1H3,(H,32,34). The quantitative estimate of drug-likeness (QED) is 0.506. The minimum absolute atomic E-state index is 0.0589. The van der Waals surface area contributed by atoms with Gasteiger partial charge in [-0.15, -0.1) is 0 Å². The van der Waals surface area contributed by atoms with Crippen molar-refractivity contribution < 1.29 is 14.3 Å². The van der Waals surface area contributed by atoms with Crippen molar-refractivity contribution in [3.8, 4) is 11.8 Å². The lowest BCUT2D eigenvalue weighted by Gasteiger charge is -2.38. The monoisotopic (exact) mass is 482 g/mol. The summed E-state index contributed by atoms with van der Waals surface area (Å²) in [7, 11) is 1.58. The van der Waals surface area contributed by atoms with E-state index >= 15 is 0 Å². The summed E-state index contributed by atoms with van der Waals surface area (Å²) in [6, 6.07) is 23.1. The van der Waals surface area contributed by atoms with Gasteiger partial charge in [0.15, 0.2) is 0 Å². The van der Waals surface area contributed by atoms with Gasteiger partial charge in [-0.05, 0) is 79.1 Å². The fourth-order valence-electron chi connectivity index (χ4n) is 4.56. The molecule has 4 rings (SSSR count). The molecule has 36 heavy (non-hydrogen) atoms. The highest BCUT2D eigenvalue weighted by molar-refractivity contribution is 6.04. The van der Waals surface area contributed by atoms with E-state index in [1.807, 2.05) is 29.2 Å². The molecule has 7 heteroatoms. The maximum atomic E-state index is 13.5. The Bertz CT molecular complexity index is 1230. The van der Waals surface area contributed by atoms with Crippen LogP contribution in [0.4, 0.5) is 5.69 Å². The highest BCUT2D eigenvalue weighted by Crippen LogP contribution is 2.26. The Hall–Kier alpha value is -4.15. The number of nitrogens with two attached hydrogens (primary N) is 1. The molecule has 1 aliphatic carbocycles. The minimum atomic E-state index is -0.212. The first kappa shape index (κ1) is 25.0. The topological polar surface area (TPSA) is 108 Å². The highest BCUT2D eigenvalue weighted by Gasteiger charge is 2.31. The molecule has 2 amide bonds. The first-order chi connectivity index (χ1) is 17.5. The number of ether oxygens (including phenoxy) is 1. The molecular formula is C29H30N4O3. The zero-order chi connectivity index (χ0) is 25.5. The van der Waals surface area contributed by atoms with E-state index in [9.17, 15) is 9.59 Å². The van der Waals surface area contributed by atoms with E-state index in [4.69, 9.17) is 15.7 Å². The van der Waals surface area contributed by atoms with Gasteiger partial charge in [0.25, 0.3) is 11.8 Å². The number of methoxy groups -OCH3 is 1. The molecule has 2 unspecified atom stereocenters. The van der Waals surface area contributed by atoms with Crippen LogP contribution in [0.3, 0.4) is 0 Å². The van der Waals surface area contributed by atoms with Crippen molar-refractivity contribution in [2.45, 2.75) is 44.3 Å². The number of nitriles is 1. The molecule has 0 heterocycles. The number of benzene rings is 3. The van der Waals surface area contributed by atoms with Gasteiger partial charge >= 0.3 is 0 Å². The first-order valence-corrected chi connectivity index (χ1v) is 12.1. The van der Waals surface area contributed by atoms with Gasteiger partial charge in [0.2, 0.25) is 0 Å². The lowest BCUT2D eigenvalue weighted by Crippen LogP contribution is -2.51. The van der Waals surface area contributed by atoms with Gasteiger partial charge in [-0.2, -0.15) is 5.26 Å². The van der Waals surface area contributed by atoms with Crippen LogP contribution in [0.25, 0.3) is 0 Å². The third kappa shape index (κ3) is 5.91. The Balaban J connectivity index is 1.49. The first-order valence-electron chi connectivity index (χ1n) is 12.1. The van der Waals surface area contributed by atoms with Crippen molar-refractivity contribution in [2.75, 3.05) is 12.4 Å². The van der Waals surface area contributed by atoms with Crippen LogP contribution in [0, 0.1) is 11.3 Å². The maximum absolute atomic E-state index is 13.5. The summed E-state index contributed by atoms with van der Waals surface area (Å²) in [5.74, 6) is 0.378. The second-order valence-corrected chi connectivity index (χ2v) is 9.02. The van der Waals surface area contributed by atoms with E-state index in [0.29, 0.717) is 34.7 Å². The summed E-state index contributed by atoms with van der Waals surface area (Å²) in [6.07, 6.45) is 3.85. The number of amides is 2. The number of rotatable bonds is 7. The summed E-state index contributed by atoms with van der Waals surface area (Å²) in [6.45, 7) is 0.407. The summed E-state index contributed by atoms with van der Waals surface area (Å²) >= 11 is 0. The number of anilines is 1. The Morgan fingerprint density at radius 1 is 0.972 bits per heavy atom. The van der Waals surface area contributed by atoms with Crippen LogP contribution in [0.2, 0.25) is 0 Å². The third-order valence-corrected chi connectivity index (χ3v) is 6.62. The van der Waals surface area contributed by atoms with Gasteiger partial charge in [0.1, 0.15) is 5.75 Å². The SMILES string of the molecule is COc1ccc(C(=O)Nc2ccc(CN(C(=O)c3ccc(C#N)cc3)C3CCCCC3N)cc2)cc1. The number of hydrogen-bond donors (Lipinski definition) is 2. The number of nitrogens with one attached hydrogen (secondary N) is 1. The Labute approximate surface area is 211 Å². The van der Waals surface area contributed by atoms with E-state index in [-0.39, 0.29) is 23.9 Å². The van der Waals surface area contributed by atoms with Crippen molar-refractivity contribution >= 4 is 17.5 Å². The van der Waals surface area contributed by atoms with Gasteiger partial charge in [0, 0.05) is 35.4 Å². The molecule has 1 saturated carbocycles. The van der Waals surface area contributed by atoms with Gasteiger partial charge in [-0.1, -0.05) is 25.0 Å². The van der Waals surface area contributed by atoms with Crippen LogP contribution in [-0.2, 0) is 6.54 Å². The molecule has 0 aromatic heterocycles. The molecule has 2 atom stereocenters. The fraction of sp³-hybridized carbons (Fsp3) is 0.276. The third-order valence-electron chi connectivity index (χ3n) is 6.62. The van der Waals surface area contributed by atoms with Crippen LogP contribution in [-0.4, -0.2) is 35.9 Å². The molecule has 184 valence electrons. The summed E-state index contributed by atoms with van der Waals surface area (Å²) in [5, 5.41) is 12.0. The van der Waals surface area contributed by atoms with Crippen molar-refractivity contribution in [3.05, 3.63) is 95.1 Å². The maximum Gasteiger partial charge on any atom is 0.255 e. The zero-order valence-corrected chi connectivity index (χ0v) is 20.3. The number of hydrogen-bond acceptors (Lipinski definition) is 5. The van der Waals surface area contributed by atoms with Crippen molar-refractivity contribution in [1.29, 1.82) is 5.26 Å². The largest absolute Gasteiger partial charge is 0.497 e. The zero-order valence-electron chi connectivity index (χ0n) is 20.3. The van der Waals surface area contributed by atoms with Crippen molar-refractivity contribution in [3.63, 3.8) is 0 Å². The van der Waals surface area contributed by atoms with E-state index in [1.165, 1.54) is 0 Å². The second kappa shape index (κ2) is 11.5. The van der Waals surface area contributed by atoms with Crippen LogP contribution in [0.5, 0.6) is 5.75 Å². The molecule has 3 N–H and O–H groups in total. The number of carbonyl (C=O) groups excluding carboxylic acids is 2. The number of carbonyl (C=O) groups is 2. The van der Waals surface area contributed by atoms with E-state index < -0.39 is 0 Å². The predicted octanol–water partition coefficient (Wildman–Crippen LogP) is 4.73. The predicted molar refractivity (Wildman–Crippen MR) is 139 cm³/mol. The van der Waals surface area contributed by atoms with E-state index in [0.717, 1.165) is 31.2 Å². The molecule has 0 spiro atoms. The molecule has 3 aromatic rings. The van der Waals surface area contributed by atoms with E-state index in [1.54, 1.807) is 55.6 Å². The van der Waals surface area contributed by atoms with Crippen LogP contribution < -0.4 is 15.8 Å². The van der Waals surface area contributed by atoms with Gasteiger partial charge in [-0.25, -0.2) is 0 Å². The highest BCUT2D eigenvalue weighted by atomic mass is 16.5. The Kier molecular flexibility index (Phi) is 7.99. The number of nitrogens with zero attached hydrogens (tertiary/aromatic N) is 2. The Morgan fingerprint density at radius 3 is 2.22 bits per heavy atom. The molecule has 3 aromatic carbocycles. The average Bonchev–Trinajstić information content (AvgIpc) is 2.93. The summed E-state index contributed by atoms with van der Waals surface area (Å²) in [4.78, 5) is 28.0. The lowest BCUT2D eigenvalue weighted by atomic mass is 9.89. The van der Waals surface area contributed by atoms with Crippen molar-refractivity contribution in [1.82, 2.24) is 4.90 Å². The van der Waals surface area contributed by atoms with Crippen molar-refractivity contribution in [2.24, 2.45) is 5.73 Å². The molecule has 7 nitrogen and oxygen atoms in total. The molecule has 0 radical (unpaired) electrons. The van der Waals surface area contributed by atoms with Gasteiger partial charge in [-0.3, -0.25) is 9.59 Å². The Morgan fingerprint density at radius 2 is 1.61 bits per heavy atom. The lowest BCUT2D eigenvalue weighted by molar-refractivity contribution is 0.0583. The van der Waals surface area contributed by atoms with E-state index in [2.05, 4.69) is 11.4 Å². The molecular weight excluding hydrogens is 452 g/mol. The van der Waals surface area contributed by atoms with Crippen LogP contribution in [0.1, 0.15) is 57.5 Å². The molecule has 1 fully saturated rings. The molecule has 0 aliphatic heterocycles. The summed E-state index contributed by atoms with van der Waals surface area (Å²) in [5.41, 5.74) is 9.65. The summed E-state index contributed by atoms with van der Waals surface area (Å²) < 4.78 is 5.14. The van der Waals surface area contributed by atoms with Crippen LogP contribution in [0.15, 0.2) is 72.8 Å². The van der Waals surface area contributed by atoms with Gasteiger partial charge in [0.05, 0.1) is 18.7 Å². The average molecular weight is 483 g/mol. The fourth-order valence-corrected chi connectivity index (χ4v) is 4.56. The molecule has 0 bridgehead atoms. The van der Waals surface area contributed by atoms with Crippen LogP contribution >= 0.6 is 0 Å². The normalized spacial score (nSPS) is 17.0. The molecule has 1 aliphatic rings. The smallest absolute Gasteiger partial charge is 0.255 e.